The molecule has 122 valence electrons. The van der Waals surface area contributed by atoms with Crippen LogP contribution in [0.25, 0.3) is 0 Å². The molecule has 0 saturated carbocycles. The molecule has 0 bridgehead atoms. The minimum atomic E-state index is -0.595. The Morgan fingerprint density at radius 3 is 1.73 bits per heavy atom. The monoisotopic (exact) mass is 432 g/mol. The van der Waals surface area contributed by atoms with Crippen LogP contribution in [0.1, 0.15) is 36.1 Å². The van der Waals surface area contributed by atoms with E-state index in [1.807, 2.05) is 0 Å². The molecule has 0 aromatic heterocycles. The van der Waals surface area contributed by atoms with Crippen molar-refractivity contribution in [1.82, 2.24) is 0 Å². The minimum absolute atomic E-state index is 0. The quantitative estimate of drug-likeness (QED) is 0.401. The van der Waals surface area contributed by atoms with Gasteiger partial charge < -0.3 is 24.8 Å². The van der Waals surface area contributed by atoms with Gasteiger partial charge in [0.25, 0.3) is 0 Å². The van der Waals surface area contributed by atoms with Crippen LogP contribution in [-0.2, 0) is 26.2 Å². The summed E-state index contributed by atoms with van der Waals surface area (Å²) >= 11 is 0. The van der Waals surface area contributed by atoms with Gasteiger partial charge in [0.15, 0.2) is 0 Å². The van der Waals surface area contributed by atoms with Crippen molar-refractivity contribution >= 4 is 8.80 Å². The molecule has 0 saturated heterocycles. The Kier molecular flexibility index (Phi) is 13.8. The van der Waals surface area contributed by atoms with E-state index < -0.39 is 8.80 Å². The van der Waals surface area contributed by atoms with Gasteiger partial charge in [-0.15, -0.1) is 0 Å². The molecule has 1 aliphatic rings. The Hall–Kier alpha value is 0.510. The molecule has 1 aromatic carbocycles. The Bertz CT molecular complexity index is 493. The maximum atomic E-state index is 3.50. The largest absolute Gasteiger partial charge is 4.00 e. The van der Waals surface area contributed by atoms with Crippen molar-refractivity contribution in [2.24, 2.45) is 0 Å². The molecule has 22 heavy (non-hydrogen) atoms. The summed E-state index contributed by atoms with van der Waals surface area (Å²) < 4.78 is 0. The second-order valence-electron chi connectivity index (χ2n) is 6.34. The van der Waals surface area contributed by atoms with Crippen LogP contribution in [0.2, 0.25) is 18.1 Å². The number of allylic oxidation sites excluding steroid dienone is 4. The molecule has 0 N–H and O–H groups in total. The van der Waals surface area contributed by atoms with Crippen molar-refractivity contribution in [2.75, 3.05) is 0 Å². The van der Waals surface area contributed by atoms with Crippen LogP contribution in [0.4, 0.5) is 0 Å². The molecule has 0 aliphatic heterocycles. The van der Waals surface area contributed by atoms with Gasteiger partial charge in [-0.3, -0.25) is 6.08 Å². The van der Waals surface area contributed by atoms with Crippen molar-refractivity contribution < 1.29 is 51.0 Å². The van der Waals surface area contributed by atoms with Gasteiger partial charge in [-0.1, -0.05) is 59.7 Å². The molecule has 0 heterocycles. The van der Waals surface area contributed by atoms with Gasteiger partial charge in [0, 0.05) is 8.80 Å². The van der Waals surface area contributed by atoms with Crippen LogP contribution in [0, 0.1) is 33.8 Å². The Morgan fingerprint density at radius 1 is 1.09 bits per heavy atom. The average Bonchev–Trinajstić information content (AvgIpc) is 2.78. The van der Waals surface area contributed by atoms with Crippen LogP contribution in [0.5, 0.6) is 0 Å². The van der Waals surface area contributed by atoms with E-state index in [1.54, 1.807) is 0 Å². The maximum Gasteiger partial charge on any atom is 4.00 e. The molecule has 0 amide bonds. The molecule has 0 spiro atoms. The summed E-state index contributed by atoms with van der Waals surface area (Å²) in [6, 6.07) is 2.24. The Morgan fingerprint density at radius 2 is 1.59 bits per heavy atom. The van der Waals surface area contributed by atoms with Gasteiger partial charge >= 0.3 is 26.2 Å². The van der Waals surface area contributed by atoms with Crippen LogP contribution in [-0.4, -0.2) is 8.80 Å². The summed E-state index contributed by atoms with van der Waals surface area (Å²) in [5.74, 6) is 0. The zero-order valence-corrected chi connectivity index (χ0v) is 20.2. The van der Waals surface area contributed by atoms with Gasteiger partial charge in [0.2, 0.25) is 0 Å². The first-order chi connectivity index (χ1) is 8.67. The van der Waals surface area contributed by atoms with E-state index in [4.69, 9.17) is 0 Å². The second kappa shape index (κ2) is 11.1. The van der Waals surface area contributed by atoms with E-state index in [0.29, 0.717) is 5.04 Å². The summed E-state index contributed by atoms with van der Waals surface area (Å²) in [5, 5.41) is 0.337. The first kappa shape index (κ1) is 27.4. The van der Waals surface area contributed by atoms with E-state index in [0.717, 1.165) is 0 Å². The van der Waals surface area contributed by atoms with Gasteiger partial charge in [-0.05, 0) is 0 Å². The molecule has 0 radical (unpaired) electrons. The standard InChI is InChI=1S/C9H15Si.C9H13.2ClH.Zr/c1-8-5-6-9(2,7-8)10(3)4;1-6-5-7(2)9(4)8(6)3;;;/h5-6,10H,1-4H3;5H,1-4H3;2*1H;/q2*-1;;;+4/p-2. The van der Waals surface area contributed by atoms with Crippen molar-refractivity contribution in [1.29, 1.82) is 0 Å². The van der Waals surface area contributed by atoms with Crippen molar-refractivity contribution in [3.05, 3.63) is 52.1 Å². The molecule has 1 aromatic rings. The summed E-state index contributed by atoms with van der Waals surface area (Å²) in [7, 11) is -0.595. The molecule has 4 heteroatoms. The van der Waals surface area contributed by atoms with Crippen LogP contribution < -0.4 is 24.8 Å². The first-order valence-electron chi connectivity index (χ1n) is 7.18. The molecule has 1 unspecified atom stereocenters. The molecule has 1 atom stereocenters. The zero-order chi connectivity index (χ0) is 14.8. The second-order valence-corrected chi connectivity index (χ2v) is 9.85. The fraction of sp³-hybridized carbons (Fsp3) is 0.500. The third kappa shape index (κ3) is 6.95. The van der Waals surface area contributed by atoms with Gasteiger partial charge in [-0.2, -0.15) is 34.4 Å². The van der Waals surface area contributed by atoms with Gasteiger partial charge in [0.05, 0.1) is 0 Å². The Labute approximate surface area is 170 Å². The topological polar surface area (TPSA) is 0 Å². The number of halogens is 2. The number of hydrogen-bond donors (Lipinski definition) is 0. The average molecular weight is 435 g/mol. The first-order valence-corrected chi connectivity index (χ1v) is 10.1. The normalized spacial score (nSPS) is 18.5. The van der Waals surface area contributed by atoms with Gasteiger partial charge in [0.1, 0.15) is 0 Å². The molecule has 0 nitrogen and oxygen atoms in total. The molecule has 0 fully saturated rings. The van der Waals surface area contributed by atoms with Crippen LogP contribution >= 0.6 is 0 Å². The summed E-state index contributed by atoms with van der Waals surface area (Å²) in [6.45, 7) is 17.8. The van der Waals surface area contributed by atoms with E-state index in [9.17, 15) is 0 Å². The fourth-order valence-corrected chi connectivity index (χ4v) is 3.27. The van der Waals surface area contributed by atoms with Crippen molar-refractivity contribution in [3.63, 3.8) is 0 Å². The van der Waals surface area contributed by atoms with Crippen LogP contribution in [0.3, 0.4) is 0 Å². The Balaban J connectivity index is -0.000000290. The third-order valence-electron chi connectivity index (χ3n) is 4.52. The smallest absolute Gasteiger partial charge is 1.00 e. The third-order valence-corrected chi connectivity index (χ3v) is 7.26. The molecule has 2 rings (SSSR count). The summed E-state index contributed by atoms with van der Waals surface area (Å²) in [5.41, 5.74) is 7.05. The predicted molar refractivity (Wildman–Crippen MR) is 89.8 cm³/mol. The van der Waals surface area contributed by atoms with E-state index in [2.05, 4.69) is 78.9 Å². The van der Waals surface area contributed by atoms with E-state index >= 15 is 0 Å². The van der Waals surface area contributed by atoms with Crippen molar-refractivity contribution in [2.45, 2.75) is 59.7 Å². The number of hydrogen-bond acceptors (Lipinski definition) is 0. The number of aryl methyl sites for hydroxylation is 2. The SMILES string of the molecule is CC1=[C-]C(C)([SiH](C)C)C=C1.Cc1c[c-](C)c(C)c1C.[Cl-].[Cl-].[Zr+4]. The predicted octanol–water partition coefficient (Wildman–Crippen LogP) is -0.803. The van der Waals surface area contributed by atoms with Gasteiger partial charge in [-0.25, -0.2) is 11.6 Å². The number of rotatable bonds is 1. The zero-order valence-electron chi connectivity index (χ0n) is 15.1. The van der Waals surface area contributed by atoms with Crippen molar-refractivity contribution in [3.8, 4) is 0 Å². The van der Waals surface area contributed by atoms with E-state index in [1.165, 1.54) is 27.8 Å². The van der Waals surface area contributed by atoms with E-state index in [-0.39, 0.29) is 51.0 Å². The summed E-state index contributed by atoms with van der Waals surface area (Å²) in [4.78, 5) is 0. The molecular weight excluding hydrogens is 406 g/mol. The fourth-order valence-electron chi connectivity index (χ4n) is 2.28. The minimum Gasteiger partial charge on any atom is -1.00 e. The summed E-state index contributed by atoms with van der Waals surface area (Å²) in [6.07, 6.45) is 7.99. The van der Waals surface area contributed by atoms with Crippen LogP contribution in [0.15, 0.2) is 23.8 Å². The molecule has 1 aliphatic carbocycles. The molecular formula is C18H28Cl2SiZr. The maximum absolute atomic E-state index is 3.50.